The maximum absolute atomic E-state index is 8.92. The summed E-state index contributed by atoms with van der Waals surface area (Å²) in [5, 5.41) is 0.149. The van der Waals surface area contributed by atoms with Gasteiger partial charge in [0, 0.05) is 5.19 Å². The van der Waals surface area contributed by atoms with Crippen molar-refractivity contribution in [1.82, 2.24) is 0 Å². The van der Waals surface area contributed by atoms with Gasteiger partial charge in [0.2, 0.25) is 0 Å². The van der Waals surface area contributed by atoms with Crippen LogP contribution in [-0.2, 0) is 0 Å². The molecule has 0 unspecified atom stereocenters. The predicted molar refractivity (Wildman–Crippen MR) is 49.7 cm³/mol. The zero-order chi connectivity index (χ0) is 9.90. The second-order valence-electron chi connectivity index (χ2n) is 2.59. The molecule has 0 fully saturated rings. The molecule has 0 spiro atoms. The van der Waals surface area contributed by atoms with Crippen LogP contribution in [0.4, 0.5) is 0 Å². The Hall–Kier alpha value is -0.883. The second-order valence-corrected chi connectivity index (χ2v) is 4.44. The largest absolute Gasteiger partial charge is 0.528 e. The molecule has 0 aliphatic carbocycles. The van der Waals surface area contributed by atoms with Crippen molar-refractivity contribution < 1.29 is 19.1 Å². The van der Waals surface area contributed by atoms with Crippen LogP contribution < -0.4 is 9.92 Å². The van der Waals surface area contributed by atoms with Crippen molar-refractivity contribution in [2.24, 2.45) is 0 Å². The molecule has 0 aliphatic rings. The minimum absolute atomic E-state index is 0.149. The van der Waals surface area contributed by atoms with Gasteiger partial charge in [0.05, 0.1) is 6.61 Å². The number of rotatable bonds is 3. The number of ether oxygens (including phenoxy) is 1. The molecule has 0 aromatic heterocycles. The van der Waals surface area contributed by atoms with Gasteiger partial charge in [-0.15, -0.1) is 0 Å². The quantitative estimate of drug-likeness (QED) is 0.559. The summed E-state index contributed by atoms with van der Waals surface area (Å²) in [4.78, 5) is 26.8. The molecule has 13 heavy (non-hydrogen) atoms. The third-order valence-electron chi connectivity index (χ3n) is 1.55. The fourth-order valence-electron chi connectivity index (χ4n) is 0.941. The highest BCUT2D eigenvalue weighted by Crippen LogP contribution is 2.07. The Morgan fingerprint density at radius 1 is 1.15 bits per heavy atom. The molecule has 1 rings (SSSR count). The maximum Gasteiger partial charge on any atom is 0.528 e. The molecule has 0 bridgehead atoms. The van der Waals surface area contributed by atoms with Crippen LogP contribution in [0.15, 0.2) is 24.3 Å². The lowest BCUT2D eigenvalue weighted by Gasteiger charge is -2.10. The molecule has 0 amide bonds. The van der Waals surface area contributed by atoms with Gasteiger partial charge < -0.3 is 19.1 Å². The normalized spacial score (nSPS) is 11.4. The molecule has 3 N–H and O–H groups in total. The van der Waals surface area contributed by atoms with E-state index in [0.717, 1.165) is 0 Å². The molecule has 1 aromatic rings. The van der Waals surface area contributed by atoms with Gasteiger partial charge in [0.25, 0.3) is 0 Å². The van der Waals surface area contributed by atoms with Crippen LogP contribution in [0.3, 0.4) is 0 Å². The smallest absolute Gasteiger partial charge is 0.494 e. The van der Waals surface area contributed by atoms with Crippen molar-refractivity contribution in [2.45, 2.75) is 6.92 Å². The van der Waals surface area contributed by atoms with Gasteiger partial charge in [-0.3, -0.25) is 0 Å². The van der Waals surface area contributed by atoms with E-state index in [4.69, 9.17) is 19.1 Å². The van der Waals surface area contributed by atoms with Crippen molar-refractivity contribution in [3.05, 3.63) is 24.3 Å². The molecular formula is C8H12O4Si. The van der Waals surface area contributed by atoms with Gasteiger partial charge in [-0.2, -0.15) is 0 Å². The summed E-state index contributed by atoms with van der Waals surface area (Å²) in [7, 11) is -4.13. The molecular weight excluding hydrogens is 188 g/mol. The van der Waals surface area contributed by atoms with Gasteiger partial charge in [-0.05, 0) is 19.1 Å². The van der Waals surface area contributed by atoms with Crippen LogP contribution in [0.2, 0.25) is 0 Å². The Balaban J connectivity index is 2.81. The van der Waals surface area contributed by atoms with Crippen LogP contribution in [-0.4, -0.2) is 29.8 Å². The highest BCUT2D eigenvalue weighted by Gasteiger charge is 2.29. The first kappa shape index (κ1) is 10.2. The summed E-state index contributed by atoms with van der Waals surface area (Å²) >= 11 is 0. The van der Waals surface area contributed by atoms with E-state index in [9.17, 15) is 0 Å². The molecule has 0 aliphatic heterocycles. The lowest BCUT2D eigenvalue weighted by atomic mass is 10.3. The highest BCUT2D eigenvalue weighted by atomic mass is 28.4. The van der Waals surface area contributed by atoms with E-state index in [0.29, 0.717) is 12.4 Å². The Morgan fingerprint density at radius 3 is 2.08 bits per heavy atom. The van der Waals surface area contributed by atoms with Crippen molar-refractivity contribution in [2.75, 3.05) is 6.61 Å². The molecule has 1 aromatic carbocycles. The van der Waals surface area contributed by atoms with E-state index < -0.39 is 8.80 Å². The maximum atomic E-state index is 8.92. The topological polar surface area (TPSA) is 69.9 Å². The van der Waals surface area contributed by atoms with Crippen LogP contribution in [0.25, 0.3) is 0 Å². The summed E-state index contributed by atoms with van der Waals surface area (Å²) in [5.74, 6) is 0.643. The van der Waals surface area contributed by atoms with Crippen molar-refractivity contribution in [1.29, 1.82) is 0 Å². The highest BCUT2D eigenvalue weighted by molar-refractivity contribution is 6.71. The Bertz CT molecular complexity index is 264. The number of hydrogen-bond donors (Lipinski definition) is 3. The molecule has 0 atom stereocenters. The first-order chi connectivity index (χ1) is 6.04. The minimum Gasteiger partial charge on any atom is -0.494 e. The first-order valence-electron chi connectivity index (χ1n) is 3.94. The molecule has 72 valence electrons. The van der Waals surface area contributed by atoms with Crippen molar-refractivity contribution >= 4 is 14.0 Å². The van der Waals surface area contributed by atoms with Gasteiger partial charge in [-0.25, -0.2) is 0 Å². The first-order valence-corrected chi connectivity index (χ1v) is 5.78. The van der Waals surface area contributed by atoms with E-state index in [-0.39, 0.29) is 5.19 Å². The molecule has 5 heteroatoms. The summed E-state index contributed by atoms with van der Waals surface area (Å²) in [5.41, 5.74) is 0. The summed E-state index contributed by atoms with van der Waals surface area (Å²) in [6.07, 6.45) is 0. The van der Waals surface area contributed by atoms with Crippen molar-refractivity contribution in [3.8, 4) is 5.75 Å². The Labute approximate surface area is 77.4 Å². The standard InChI is InChI=1S/C8H12O4Si/c1-2-12-7-3-5-8(6-4-7)13(9,10)11/h3-6,9-11H,2H2,1H3. The fraction of sp³-hybridized carbons (Fsp3) is 0.250. The molecule has 0 heterocycles. The zero-order valence-electron chi connectivity index (χ0n) is 7.27. The number of hydrogen-bond acceptors (Lipinski definition) is 4. The SMILES string of the molecule is CCOc1ccc([Si](O)(O)O)cc1. The zero-order valence-corrected chi connectivity index (χ0v) is 8.27. The number of benzene rings is 1. The molecule has 0 saturated carbocycles. The van der Waals surface area contributed by atoms with E-state index in [1.54, 1.807) is 12.1 Å². The molecule has 0 radical (unpaired) electrons. The molecule has 4 nitrogen and oxygen atoms in total. The molecule has 0 saturated heterocycles. The average Bonchev–Trinajstić information content (AvgIpc) is 2.04. The lowest BCUT2D eigenvalue weighted by Crippen LogP contribution is -2.48. The van der Waals surface area contributed by atoms with Crippen molar-refractivity contribution in [3.63, 3.8) is 0 Å². The Morgan fingerprint density at radius 2 is 1.69 bits per heavy atom. The lowest BCUT2D eigenvalue weighted by molar-refractivity contribution is 0.249. The van der Waals surface area contributed by atoms with E-state index >= 15 is 0 Å². The monoisotopic (exact) mass is 200 g/mol. The van der Waals surface area contributed by atoms with Crippen LogP contribution in [0.1, 0.15) is 6.92 Å². The third-order valence-corrected chi connectivity index (χ3v) is 2.66. The predicted octanol–water partition coefficient (Wildman–Crippen LogP) is -0.792. The van der Waals surface area contributed by atoms with Gasteiger partial charge in [0.1, 0.15) is 5.75 Å². The third kappa shape index (κ3) is 2.82. The average molecular weight is 200 g/mol. The summed E-state index contributed by atoms with van der Waals surface area (Å²) in [6.45, 7) is 2.41. The van der Waals surface area contributed by atoms with Gasteiger partial charge in [-0.1, -0.05) is 12.1 Å². The van der Waals surface area contributed by atoms with E-state index in [2.05, 4.69) is 0 Å². The van der Waals surface area contributed by atoms with Crippen LogP contribution in [0.5, 0.6) is 5.75 Å². The van der Waals surface area contributed by atoms with E-state index in [1.807, 2.05) is 6.92 Å². The van der Waals surface area contributed by atoms with Gasteiger partial charge >= 0.3 is 8.80 Å². The summed E-state index contributed by atoms with van der Waals surface area (Å²) < 4.78 is 5.14. The Kier molecular flexibility index (Phi) is 3.05. The van der Waals surface area contributed by atoms with E-state index in [1.165, 1.54) is 12.1 Å². The fourth-order valence-corrected chi connectivity index (χ4v) is 1.56. The summed E-state index contributed by atoms with van der Waals surface area (Å²) in [6, 6.07) is 6.06. The van der Waals surface area contributed by atoms with Gasteiger partial charge in [0.15, 0.2) is 0 Å². The minimum atomic E-state index is -4.13. The van der Waals surface area contributed by atoms with Crippen LogP contribution in [0, 0.1) is 0 Å². The second kappa shape index (κ2) is 3.88. The van der Waals surface area contributed by atoms with Crippen LogP contribution >= 0.6 is 0 Å².